The number of hydrogen-bond acceptors (Lipinski definition) is 9. The summed E-state index contributed by atoms with van der Waals surface area (Å²) in [5, 5.41) is 14.9. The van der Waals surface area contributed by atoms with E-state index in [1.807, 2.05) is 61.5 Å². The van der Waals surface area contributed by atoms with Crippen LogP contribution in [0.4, 0.5) is 5.69 Å². The van der Waals surface area contributed by atoms with Crippen molar-refractivity contribution in [3.8, 4) is 17.5 Å². The van der Waals surface area contributed by atoms with Crippen LogP contribution in [0.15, 0.2) is 54.6 Å². The maximum atomic E-state index is 12.4. The molecule has 0 bridgehead atoms. The number of benzene rings is 2. The van der Waals surface area contributed by atoms with Gasteiger partial charge in [0.1, 0.15) is 29.7 Å². The summed E-state index contributed by atoms with van der Waals surface area (Å²) < 4.78 is 25.0. The van der Waals surface area contributed by atoms with E-state index in [0.29, 0.717) is 24.7 Å². The lowest BCUT2D eigenvalue weighted by atomic mass is 10.1. The van der Waals surface area contributed by atoms with Crippen molar-refractivity contribution < 1.29 is 23.7 Å². The number of rotatable bonds is 8. The van der Waals surface area contributed by atoms with E-state index < -0.39 is 0 Å². The number of para-hydroxylation sites is 1. The highest BCUT2D eigenvalue weighted by Crippen LogP contribution is 2.36. The molecule has 0 radical (unpaired) electrons. The van der Waals surface area contributed by atoms with Gasteiger partial charge in [0.2, 0.25) is 0 Å². The summed E-state index contributed by atoms with van der Waals surface area (Å²) >= 11 is 0. The van der Waals surface area contributed by atoms with Gasteiger partial charge in [0.15, 0.2) is 6.61 Å². The number of nitrogens with one attached hydrogen (secondary N) is 1. The van der Waals surface area contributed by atoms with Gasteiger partial charge in [-0.1, -0.05) is 29.4 Å². The molecule has 3 aromatic rings. The standard InChI is InChI=1S/C23H26N6O5/c1-28(2)15-7-6-10-17(11-15)34-23-25-26-27-29(23)19-13-33-21-18(12-32-22(19)21)24-20(30)14-31-16-8-4-3-5-9-16/h3-11,18-19,21-22H,12-14H2,1-2H3,(H,24,30). The summed E-state index contributed by atoms with van der Waals surface area (Å²) in [7, 11) is 3.92. The molecule has 4 atom stereocenters. The first-order valence-corrected chi connectivity index (χ1v) is 11.0. The monoisotopic (exact) mass is 466 g/mol. The number of carbonyl (C=O) groups excluding carboxylic acids is 1. The van der Waals surface area contributed by atoms with E-state index >= 15 is 0 Å². The Labute approximate surface area is 196 Å². The molecule has 0 aliphatic carbocycles. The van der Waals surface area contributed by atoms with Gasteiger partial charge in [-0.25, -0.2) is 0 Å². The van der Waals surface area contributed by atoms with Crippen LogP contribution in [-0.2, 0) is 14.3 Å². The third kappa shape index (κ3) is 4.66. The quantitative estimate of drug-likeness (QED) is 0.527. The summed E-state index contributed by atoms with van der Waals surface area (Å²) in [5.74, 6) is 1.02. The number of hydrogen-bond donors (Lipinski definition) is 1. The Hall–Kier alpha value is -3.70. The fourth-order valence-corrected chi connectivity index (χ4v) is 4.12. The molecule has 2 saturated heterocycles. The summed E-state index contributed by atoms with van der Waals surface area (Å²) in [6.45, 7) is 0.575. The zero-order chi connectivity index (χ0) is 23.5. The molecule has 1 N–H and O–H groups in total. The first kappa shape index (κ1) is 22.1. The molecular weight excluding hydrogens is 440 g/mol. The molecular formula is C23H26N6O5. The van der Waals surface area contributed by atoms with Gasteiger partial charge in [-0.05, 0) is 34.7 Å². The van der Waals surface area contributed by atoms with Gasteiger partial charge in [0.05, 0.1) is 19.3 Å². The van der Waals surface area contributed by atoms with Crippen molar-refractivity contribution in [2.24, 2.45) is 0 Å². The van der Waals surface area contributed by atoms with E-state index in [-0.39, 0.29) is 42.8 Å². The third-order valence-corrected chi connectivity index (χ3v) is 5.81. The zero-order valence-electron chi connectivity index (χ0n) is 18.9. The maximum absolute atomic E-state index is 12.4. The van der Waals surface area contributed by atoms with E-state index in [1.54, 1.807) is 16.8 Å². The van der Waals surface area contributed by atoms with Crippen LogP contribution in [0, 0.1) is 0 Å². The number of fused-ring (bicyclic) bond motifs is 1. The number of anilines is 1. The molecule has 5 rings (SSSR count). The lowest BCUT2D eigenvalue weighted by Gasteiger charge is -2.18. The summed E-state index contributed by atoms with van der Waals surface area (Å²) in [5.41, 5.74) is 0.995. The highest BCUT2D eigenvalue weighted by atomic mass is 16.6. The van der Waals surface area contributed by atoms with Gasteiger partial charge in [0.25, 0.3) is 5.91 Å². The van der Waals surface area contributed by atoms with E-state index in [2.05, 4.69) is 20.8 Å². The lowest BCUT2D eigenvalue weighted by molar-refractivity contribution is -0.124. The number of amides is 1. The first-order chi connectivity index (χ1) is 16.6. The molecule has 2 aliphatic rings. The van der Waals surface area contributed by atoms with E-state index in [0.717, 1.165) is 5.69 Å². The van der Waals surface area contributed by atoms with E-state index in [9.17, 15) is 4.79 Å². The van der Waals surface area contributed by atoms with Crippen LogP contribution in [0.1, 0.15) is 6.04 Å². The van der Waals surface area contributed by atoms with Crippen LogP contribution in [0.25, 0.3) is 0 Å². The molecule has 34 heavy (non-hydrogen) atoms. The Morgan fingerprint density at radius 3 is 2.71 bits per heavy atom. The molecule has 11 heteroatoms. The average Bonchev–Trinajstić information content (AvgIpc) is 3.56. The van der Waals surface area contributed by atoms with Gasteiger partial charge in [-0.2, -0.15) is 4.68 Å². The second-order valence-electron chi connectivity index (χ2n) is 8.34. The van der Waals surface area contributed by atoms with Crippen molar-refractivity contribution in [3.63, 3.8) is 0 Å². The van der Waals surface area contributed by atoms with Gasteiger partial charge in [0, 0.05) is 25.8 Å². The molecule has 2 aliphatic heterocycles. The van der Waals surface area contributed by atoms with Crippen molar-refractivity contribution in [1.29, 1.82) is 0 Å². The van der Waals surface area contributed by atoms with Gasteiger partial charge in [-0.3, -0.25) is 4.79 Å². The predicted octanol–water partition coefficient (Wildman–Crippen LogP) is 1.43. The lowest BCUT2D eigenvalue weighted by Crippen LogP contribution is -2.45. The van der Waals surface area contributed by atoms with Crippen molar-refractivity contribution in [3.05, 3.63) is 54.6 Å². The van der Waals surface area contributed by atoms with Crippen LogP contribution in [0.5, 0.6) is 17.5 Å². The maximum Gasteiger partial charge on any atom is 0.341 e. The molecule has 2 aromatic carbocycles. The molecule has 3 heterocycles. The third-order valence-electron chi connectivity index (χ3n) is 5.81. The molecule has 178 valence electrons. The second-order valence-corrected chi connectivity index (χ2v) is 8.34. The highest BCUT2D eigenvalue weighted by Gasteiger charge is 2.50. The molecule has 0 spiro atoms. The first-order valence-electron chi connectivity index (χ1n) is 11.0. The average molecular weight is 466 g/mol. The Balaban J connectivity index is 1.21. The fourth-order valence-electron chi connectivity index (χ4n) is 4.12. The Kier molecular flexibility index (Phi) is 6.28. The number of aromatic nitrogens is 4. The number of carbonyl (C=O) groups is 1. The molecule has 0 saturated carbocycles. The Morgan fingerprint density at radius 2 is 1.88 bits per heavy atom. The smallest absolute Gasteiger partial charge is 0.341 e. The van der Waals surface area contributed by atoms with Gasteiger partial charge in [-0.15, -0.1) is 0 Å². The van der Waals surface area contributed by atoms with Crippen LogP contribution in [0.2, 0.25) is 0 Å². The molecule has 1 amide bonds. The minimum absolute atomic E-state index is 0.0850. The Morgan fingerprint density at radius 1 is 1.09 bits per heavy atom. The zero-order valence-corrected chi connectivity index (χ0v) is 18.9. The number of tetrazole rings is 1. The SMILES string of the molecule is CN(C)c1cccc(Oc2nnnn2C2COC3C(NC(=O)COc4ccccc4)COC32)c1. The van der Waals surface area contributed by atoms with Crippen LogP contribution >= 0.6 is 0 Å². The minimum Gasteiger partial charge on any atom is -0.484 e. The van der Waals surface area contributed by atoms with Crippen LogP contribution in [0.3, 0.4) is 0 Å². The van der Waals surface area contributed by atoms with Crippen molar-refractivity contribution in [2.75, 3.05) is 38.8 Å². The molecule has 1 aromatic heterocycles. The number of ether oxygens (including phenoxy) is 4. The van der Waals surface area contributed by atoms with Gasteiger partial charge < -0.3 is 29.2 Å². The molecule has 2 fully saturated rings. The second kappa shape index (κ2) is 9.65. The highest BCUT2D eigenvalue weighted by molar-refractivity contribution is 5.78. The van der Waals surface area contributed by atoms with Crippen molar-refractivity contribution in [1.82, 2.24) is 25.5 Å². The topological polar surface area (TPSA) is 113 Å². The molecule has 4 unspecified atom stereocenters. The summed E-state index contributed by atoms with van der Waals surface area (Å²) in [4.78, 5) is 14.4. The van der Waals surface area contributed by atoms with Crippen molar-refractivity contribution in [2.45, 2.75) is 24.3 Å². The summed E-state index contributed by atoms with van der Waals surface area (Å²) in [6.07, 6.45) is -0.640. The van der Waals surface area contributed by atoms with Crippen LogP contribution < -0.4 is 19.7 Å². The molecule has 11 nitrogen and oxygen atoms in total. The summed E-state index contributed by atoms with van der Waals surface area (Å²) in [6, 6.07) is 16.5. The van der Waals surface area contributed by atoms with E-state index in [4.69, 9.17) is 18.9 Å². The van der Waals surface area contributed by atoms with Gasteiger partial charge >= 0.3 is 6.01 Å². The van der Waals surface area contributed by atoms with Crippen molar-refractivity contribution >= 4 is 11.6 Å². The predicted molar refractivity (Wildman–Crippen MR) is 121 cm³/mol. The normalized spacial score (nSPS) is 23.4. The minimum atomic E-state index is -0.320. The fraction of sp³-hybridized carbons (Fsp3) is 0.391. The largest absolute Gasteiger partial charge is 0.484 e. The van der Waals surface area contributed by atoms with Crippen LogP contribution in [-0.4, -0.2) is 78.3 Å². The Bertz CT molecular complexity index is 1120. The van der Waals surface area contributed by atoms with E-state index in [1.165, 1.54) is 0 Å². The number of nitrogens with zero attached hydrogens (tertiary/aromatic N) is 5.